The molecule has 0 saturated heterocycles. The van der Waals surface area contributed by atoms with E-state index >= 15 is 0 Å². The molecule has 0 unspecified atom stereocenters. The van der Waals surface area contributed by atoms with Crippen LogP contribution in [0, 0.1) is 0 Å². The number of fused-ring (bicyclic) bond motifs is 1. The Hall–Kier alpha value is -2.68. The summed E-state index contributed by atoms with van der Waals surface area (Å²) < 4.78 is 5.26. The minimum atomic E-state index is 0.608. The van der Waals surface area contributed by atoms with Crippen molar-refractivity contribution in [3.8, 4) is 16.9 Å². The van der Waals surface area contributed by atoms with Gasteiger partial charge >= 0.3 is 0 Å². The van der Waals surface area contributed by atoms with Gasteiger partial charge in [-0.05, 0) is 29.1 Å². The molecule has 0 aliphatic heterocycles. The van der Waals surface area contributed by atoms with Gasteiger partial charge in [-0.25, -0.2) is 0 Å². The Morgan fingerprint density at radius 3 is 2.45 bits per heavy atom. The molecular weight excluding hydrogens is 248 g/mol. The van der Waals surface area contributed by atoms with Gasteiger partial charge in [0.25, 0.3) is 0 Å². The predicted octanol–water partition coefficient (Wildman–Crippen LogP) is 3.68. The van der Waals surface area contributed by atoms with Gasteiger partial charge in [-0.15, -0.1) is 0 Å². The smallest absolute Gasteiger partial charge is 0.119 e. The van der Waals surface area contributed by atoms with Crippen LogP contribution in [0.3, 0.4) is 0 Å². The summed E-state index contributed by atoms with van der Waals surface area (Å²) in [4.78, 5) is 0. The second-order valence-corrected chi connectivity index (χ2v) is 4.70. The molecule has 3 aromatic rings. The van der Waals surface area contributed by atoms with E-state index in [1.807, 2.05) is 48.5 Å². The van der Waals surface area contributed by atoms with E-state index in [1.165, 1.54) is 0 Å². The molecule has 0 atom stereocenters. The summed E-state index contributed by atoms with van der Waals surface area (Å²) in [6, 6.07) is 17.9. The number of benzene rings is 3. The fourth-order valence-electron chi connectivity index (χ4n) is 2.42. The first-order chi connectivity index (χ1) is 9.70. The highest BCUT2D eigenvalue weighted by molar-refractivity contribution is 6.04. The predicted molar refractivity (Wildman–Crippen MR) is 84.8 cm³/mol. The topological polar surface area (TPSA) is 61.3 Å². The van der Waals surface area contributed by atoms with Gasteiger partial charge in [-0.3, -0.25) is 0 Å². The van der Waals surface area contributed by atoms with E-state index in [1.54, 1.807) is 7.11 Å². The largest absolute Gasteiger partial charge is 0.497 e. The lowest BCUT2D eigenvalue weighted by atomic mass is 9.97. The summed E-state index contributed by atoms with van der Waals surface area (Å²) in [6.45, 7) is 0. The van der Waals surface area contributed by atoms with Crippen LogP contribution in [0.2, 0.25) is 0 Å². The highest BCUT2D eigenvalue weighted by Crippen LogP contribution is 2.37. The van der Waals surface area contributed by atoms with Gasteiger partial charge in [0.2, 0.25) is 0 Å². The summed E-state index contributed by atoms with van der Waals surface area (Å²) in [5.41, 5.74) is 15.5. The molecule has 0 radical (unpaired) electrons. The molecule has 3 rings (SSSR count). The number of nitrogens with two attached hydrogens (primary N) is 2. The zero-order valence-electron chi connectivity index (χ0n) is 11.3. The van der Waals surface area contributed by atoms with Crippen molar-refractivity contribution in [2.24, 2.45) is 0 Å². The maximum absolute atomic E-state index is 6.21. The van der Waals surface area contributed by atoms with Gasteiger partial charge < -0.3 is 16.2 Å². The van der Waals surface area contributed by atoms with Crippen molar-refractivity contribution in [2.75, 3.05) is 18.6 Å². The Morgan fingerprint density at radius 1 is 0.850 bits per heavy atom. The highest BCUT2D eigenvalue weighted by Gasteiger charge is 2.10. The highest BCUT2D eigenvalue weighted by atomic mass is 16.5. The minimum absolute atomic E-state index is 0.608. The van der Waals surface area contributed by atoms with Crippen molar-refractivity contribution >= 4 is 22.1 Å². The SMILES string of the molecule is COc1cccc(-c2cc3ccccc3c(N)c2N)c1. The molecule has 0 heterocycles. The molecule has 0 aliphatic rings. The second kappa shape index (κ2) is 4.78. The number of hydrogen-bond donors (Lipinski definition) is 2. The number of anilines is 2. The first kappa shape index (κ1) is 12.4. The van der Waals surface area contributed by atoms with Crippen LogP contribution in [0.25, 0.3) is 21.9 Å². The van der Waals surface area contributed by atoms with E-state index in [9.17, 15) is 0 Å². The van der Waals surface area contributed by atoms with Gasteiger partial charge in [0.05, 0.1) is 18.5 Å². The third kappa shape index (κ3) is 1.93. The van der Waals surface area contributed by atoms with Crippen LogP contribution in [0.4, 0.5) is 11.4 Å². The van der Waals surface area contributed by atoms with Crippen LogP contribution in [-0.4, -0.2) is 7.11 Å². The Labute approximate surface area is 117 Å². The van der Waals surface area contributed by atoms with Crippen molar-refractivity contribution in [2.45, 2.75) is 0 Å². The average Bonchev–Trinajstić information content (AvgIpc) is 2.51. The standard InChI is InChI=1S/C17H16N2O/c1-20-13-7-4-6-11(9-13)15-10-12-5-2-3-8-14(12)16(18)17(15)19/h2-10H,18-19H2,1H3. The quantitative estimate of drug-likeness (QED) is 0.694. The molecule has 0 fully saturated rings. The molecule has 100 valence electrons. The molecule has 0 bridgehead atoms. The second-order valence-electron chi connectivity index (χ2n) is 4.70. The van der Waals surface area contributed by atoms with Crippen LogP contribution < -0.4 is 16.2 Å². The summed E-state index contributed by atoms with van der Waals surface area (Å²) in [6.07, 6.45) is 0. The van der Waals surface area contributed by atoms with Crippen molar-refractivity contribution in [1.82, 2.24) is 0 Å². The van der Waals surface area contributed by atoms with E-state index < -0.39 is 0 Å². The van der Waals surface area contributed by atoms with Gasteiger partial charge in [0.1, 0.15) is 5.75 Å². The lowest BCUT2D eigenvalue weighted by Crippen LogP contribution is -1.98. The summed E-state index contributed by atoms with van der Waals surface area (Å²) in [7, 11) is 1.65. The van der Waals surface area contributed by atoms with E-state index in [-0.39, 0.29) is 0 Å². The monoisotopic (exact) mass is 264 g/mol. The lowest BCUT2D eigenvalue weighted by molar-refractivity contribution is 0.415. The van der Waals surface area contributed by atoms with Crippen molar-refractivity contribution in [1.29, 1.82) is 0 Å². The Kier molecular flexibility index (Phi) is 2.95. The molecule has 0 aromatic heterocycles. The van der Waals surface area contributed by atoms with Crippen molar-refractivity contribution in [3.63, 3.8) is 0 Å². The molecular formula is C17H16N2O. The van der Waals surface area contributed by atoms with Crippen LogP contribution in [-0.2, 0) is 0 Å². The summed E-state index contributed by atoms with van der Waals surface area (Å²) in [5.74, 6) is 0.800. The lowest BCUT2D eigenvalue weighted by Gasteiger charge is -2.13. The zero-order chi connectivity index (χ0) is 14.1. The molecule has 0 aliphatic carbocycles. The molecule has 0 saturated carbocycles. The van der Waals surface area contributed by atoms with Crippen LogP contribution in [0.1, 0.15) is 0 Å². The molecule has 0 spiro atoms. The third-order valence-corrected chi connectivity index (χ3v) is 3.51. The molecule has 4 N–H and O–H groups in total. The number of nitrogen functional groups attached to an aromatic ring is 2. The van der Waals surface area contributed by atoms with E-state index in [0.29, 0.717) is 11.4 Å². The van der Waals surface area contributed by atoms with Crippen molar-refractivity contribution in [3.05, 3.63) is 54.6 Å². The van der Waals surface area contributed by atoms with Gasteiger partial charge in [-0.2, -0.15) is 0 Å². The van der Waals surface area contributed by atoms with Gasteiger partial charge in [0, 0.05) is 10.9 Å². The summed E-state index contributed by atoms with van der Waals surface area (Å²) >= 11 is 0. The first-order valence-corrected chi connectivity index (χ1v) is 6.42. The fourth-order valence-corrected chi connectivity index (χ4v) is 2.42. The molecule has 3 aromatic carbocycles. The van der Waals surface area contributed by atoms with Gasteiger partial charge in [-0.1, -0.05) is 36.4 Å². The summed E-state index contributed by atoms with van der Waals surface area (Å²) in [5, 5.41) is 2.06. The first-order valence-electron chi connectivity index (χ1n) is 6.42. The maximum atomic E-state index is 6.21. The Morgan fingerprint density at radius 2 is 1.65 bits per heavy atom. The van der Waals surface area contributed by atoms with Gasteiger partial charge in [0.15, 0.2) is 0 Å². The van der Waals surface area contributed by atoms with Crippen LogP contribution >= 0.6 is 0 Å². The molecule has 0 amide bonds. The zero-order valence-corrected chi connectivity index (χ0v) is 11.3. The van der Waals surface area contributed by atoms with E-state index in [0.717, 1.165) is 27.6 Å². The van der Waals surface area contributed by atoms with Crippen LogP contribution in [0.5, 0.6) is 5.75 Å². The molecule has 20 heavy (non-hydrogen) atoms. The minimum Gasteiger partial charge on any atom is -0.497 e. The molecule has 3 heteroatoms. The Balaban J connectivity index is 2.28. The van der Waals surface area contributed by atoms with Crippen molar-refractivity contribution < 1.29 is 4.74 Å². The number of hydrogen-bond acceptors (Lipinski definition) is 3. The normalized spacial score (nSPS) is 10.7. The third-order valence-electron chi connectivity index (χ3n) is 3.51. The number of ether oxygens (including phenoxy) is 1. The number of methoxy groups -OCH3 is 1. The van der Waals surface area contributed by atoms with E-state index in [2.05, 4.69) is 6.07 Å². The maximum Gasteiger partial charge on any atom is 0.119 e. The Bertz CT molecular complexity index is 781. The number of rotatable bonds is 2. The average molecular weight is 264 g/mol. The fraction of sp³-hybridized carbons (Fsp3) is 0.0588. The van der Waals surface area contributed by atoms with E-state index in [4.69, 9.17) is 16.2 Å². The van der Waals surface area contributed by atoms with Crippen LogP contribution in [0.15, 0.2) is 54.6 Å². The molecule has 3 nitrogen and oxygen atoms in total.